The normalized spacial score (nSPS) is 18.7. The van der Waals surface area contributed by atoms with Gasteiger partial charge in [0.25, 0.3) is 0 Å². The van der Waals surface area contributed by atoms with Crippen molar-refractivity contribution in [2.75, 3.05) is 39.3 Å². The largest absolute Gasteiger partial charge is 0.481 e. The van der Waals surface area contributed by atoms with Crippen LogP contribution in [0, 0.1) is 5.92 Å². The third-order valence-electron chi connectivity index (χ3n) is 3.96. The molecule has 0 spiro atoms. The van der Waals surface area contributed by atoms with Crippen LogP contribution in [-0.2, 0) is 4.79 Å². The van der Waals surface area contributed by atoms with Crippen molar-refractivity contribution in [1.29, 1.82) is 0 Å². The molecule has 1 rings (SSSR count). The van der Waals surface area contributed by atoms with Gasteiger partial charge >= 0.3 is 5.97 Å². The SMILES string of the molecule is CCCCN(CCN1CCCCC1)CC(C)C(=O)O. The van der Waals surface area contributed by atoms with Gasteiger partial charge in [-0.05, 0) is 38.9 Å². The highest BCUT2D eigenvalue weighted by atomic mass is 16.4. The lowest BCUT2D eigenvalue weighted by Crippen LogP contribution is -2.40. The van der Waals surface area contributed by atoms with E-state index in [1.54, 1.807) is 0 Å². The van der Waals surface area contributed by atoms with Crippen LogP contribution in [0.4, 0.5) is 0 Å². The molecule has 0 aliphatic carbocycles. The number of unbranched alkanes of at least 4 members (excludes halogenated alkanes) is 1. The summed E-state index contributed by atoms with van der Waals surface area (Å²) in [7, 11) is 0. The van der Waals surface area contributed by atoms with Crippen LogP contribution in [0.5, 0.6) is 0 Å². The lowest BCUT2D eigenvalue weighted by Gasteiger charge is -2.30. The first kappa shape index (κ1) is 16.4. The Bertz CT molecular complexity index is 253. The van der Waals surface area contributed by atoms with Crippen LogP contribution in [0.3, 0.4) is 0 Å². The first-order chi connectivity index (χ1) is 9.13. The summed E-state index contributed by atoms with van der Waals surface area (Å²) in [6.45, 7) is 10.2. The van der Waals surface area contributed by atoms with Gasteiger partial charge in [0.1, 0.15) is 0 Å². The molecule has 1 aliphatic heterocycles. The Balaban J connectivity index is 2.32. The van der Waals surface area contributed by atoms with Crippen molar-refractivity contribution in [3.63, 3.8) is 0 Å². The Hall–Kier alpha value is -0.610. The third kappa shape index (κ3) is 6.92. The van der Waals surface area contributed by atoms with Gasteiger partial charge in [-0.2, -0.15) is 0 Å². The summed E-state index contributed by atoms with van der Waals surface area (Å²) in [5.41, 5.74) is 0. The van der Waals surface area contributed by atoms with E-state index in [1.165, 1.54) is 38.8 Å². The molecule has 1 fully saturated rings. The number of carboxylic acids is 1. The van der Waals surface area contributed by atoms with Crippen molar-refractivity contribution in [2.24, 2.45) is 5.92 Å². The maximum atomic E-state index is 11.0. The number of hydrogen-bond acceptors (Lipinski definition) is 3. The van der Waals surface area contributed by atoms with Gasteiger partial charge < -0.3 is 14.9 Å². The highest BCUT2D eigenvalue weighted by Crippen LogP contribution is 2.09. The lowest BCUT2D eigenvalue weighted by atomic mass is 10.1. The van der Waals surface area contributed by atoms with Gasteiger partial charge in [0, 0.05) is 19.6 Å². The number of aliphatic carboxylic acids is 1. The monoisotopic (exact) mass is 270 g/mol. The van der Waals surface area contributed by atoms with Gasteiger partial charge in [-0.3, -0.25) is 4.79 Å². The van der Waals surface area contributed by atoms with Crippen LogP contribution >= 0.6 is 0 Å². The van der Waals surface area contributed by atoms with Gasteiger partial charge in [0.15, 0.2) is 0 Å². The highest BCUT2D eigenvalue weighted by Gasteiger charge is 2.17. The predicted molar refractivity (Wildman–Crippen MR) is 78.4 cm³/mol. The smallest absolute Gasteiger partial charge is 0.307 e. The number of hydrogen-bond donors (Lipinski definition) is 1. The lowest BCUT2D eigenvalue weighted by molar-refractivity contribution is -0.141. The molecule has 0 aromatic heterocycles. The summed E-state index contributed by atoms with van der Waals surface area (Å²) < 4.78 is 0. The Labute approximate surface area is 117 Å². The molecule has 1 atom stereocenters. The Morgan fingerprint density at radius 1 is 1.26 bits per heavy atom. The van der Waals surface area contributed by atoms with E-state index < -0.39 is 5.97 Å². The minimum atomic E-state index is -0.681. The number of carboxylic acid groups (broad SMARTS) is 1. The van der Waals surface area contributed by atoms with Gasteiger partial charge in [-0.15, -0.1) is 0 Å². The second-order valence-corrected chi connectivity index (χ2v) is 5.80. The van der Waals surface area contributed by atoms with Crippen molar-refractivity contribution in [1.82, 2.24) is 9.80 Å². The molecule has 1 saturated heterocycles. The molecule has 0 aromatic carbocycles. The van der Waals surface area contributed by atoms with E-state index in [-0.39, 0.29) is 5.92 Å². The zero-order valence-corrected chi connectivity index (χ0v) is 12.6. The van der Waals surface area contributed by atoms with E-state index >= 15 is 0 Å². The zero-order valence-electron chi connectivity index (χ0n) is 12.6. The molecule has 1 aliphatic rings. The summed E-state index contributed by atoms with van der Waals surface area (Å²) in [5.74, 6) is -0.947. The molecule has 4 nitrogen and oxygen atoms in total. The first-order valence-corrected chi connectivity index (χ1v) is 7.81. The van der Waals surface area contributed by atoms with E-state index in [2.05, 4.69) is 16.7 Å². The van der Waals surface area contributed by atoms with Crippen molar-refractivity contribution in [3.8, 4) is 0 Å². The van der Waals surface area contributed by atoms with Crippen LogP contribution < -0.4 is 0 Å². The van der Waals surface area contributed by atoms with Crippen LogP contribution in [0.15, 0.2) is 0 Å². The third-order valence-corrected chi connectivity index (χ3v) is 3.96. The van der Waals surface area contributed by atoms with Crippen LogP contribution in [0.1, 0.15) is 46.0 Å². The van der Waals surface area contributed by atoms with Gasteiger partial charge in [-0.25, -0.2) is 0 Å². The van der Waals surface area contributed by atoms with Crippen LogP contribution in [0.25, 0.3) is 0 Å². The van der Waals surface area contributed by atoms with Crippen molar-refractivity contribution in [2.45, 2.75) is 46.0 Å². The fraction of sp³-hybridized carbons (Fsp3) is 0.933. The topological polar surface area (TPSA) is 43.8 Å². The van der Waals surface area contributed by atoms with Crippen molar-refractivity contribution in [3.05, 3.63) is 0 Å². The summed E-state index contributed by atoms with van der Waals surface area (Å²) >= 11 is 0. The van der Waals surface area contributed by atoms with E-state index in [0.717, 1.165) is 26.1 Å². The predicted octanol–water partition coefficient (Wildman–Crippen LogP) is 2.30. The number of carbonyl (C=O) groups is 1. The first-order valence-electron chi connectivity index (χ1n) is 7.81. The molecule has 4 heteroatoms. The maximum absolute atomic E-state index is 11.0. The molecule has 0 bridgehead atoms. The van der Waals surface area contributed by atoms with Gasteiger partial charge in [0.05, 0.1) is 5.92 Å². The van der Waals surface area contributed by atoms with Crippen molar-refractivity contribution >= 4 is 5.97 Å². The summed E-state index contributed by atoms with van der Waals surface area (Å²) in [5, 5.41) is 9.04. The van der Waals surface area contributed by atoms with Gasteiger partial charge in [0.2, 0.25) is 0 Å². The summed E-state index contributed by atoms with van der Waals surface area (Å²) in [6, 6.07) is 0. The number of rotatable bonds is 9. The minimum Gasteiger partial charge on any atom is -0.481 e. The molecule has 1 unspecified atom stereocenters. The molecular formula is C15H30N2O2. The second kappa shape index (κ2) is 9.32. The zero-order chi connectivity index (χ0) is 14.1. The molecule has 0 saturated carbocycles. The number of nitrogens with zero attached hydrogens (tertiary/aromatic N) is 2. The van der Waals surface area contributed by atoms with Crippen LogP contribution in [-0.4, -0.2) is 60.1 Å². The van der Waals surface area contributed by atoms with Crippen LogP contribution in [0.2, 0.25) is 0 Å². The molecule has 0 amide bonds. The highest BCUT2D eigenvalue weighted by molar-refractivity contribution is 5.69. The number of piperidine rings is 1. The molecule has 1 heterocycles. The average Bonchev–Trinajstić information content (AvgIpc) is 2.42. The number of likely N-dealkylation sites (tertiary alicyclic amines) is 1. The maximum Gasteiger partial charge on any atom is 0.307 e. The Morgan fingerprint density at radius 2 is 1.95 bits per heavy atom. The Kier molecular flexibility index (Phi) is 8.07. The molecule has 1 N–H and O–H groups in total. The molecular weight excluding hydrogens is 240 g/mol. The Morgan fingerprint density at radius 3 is 2.53 bits per heavy atom. The quantitative estimate of drug-likeness (QED) is 0.698. The second-order valence-electron chi connectivity index (χ2n) is 5.80. The van der Waals surface area contributed by atoms with E-state index in [0.29, 0.717) is 6.54 Å². The molecule has 19 heavy (non-hydrogen) atoms. The van der Waals surface area contributed by atoms with E-state index in [4.69, 9.17) is 5.11 Å². The summed E-state index contributed by atoms with van der Waals surface area (Å²) in [4.78, 5) is 15.8. The molecule has 0 radical (unpaired) electrons. The van der Waals surface area contributed by atoms with Crippen molar-refractivity contribution < 1.29 is 9.90 Å². The summed E-state index contributed by atoms with van der Waals surface area (Å²) in [6.07, 6.45) is 6.33. The standard InChI is InChI=1S/C15H30N2O2/c1-3-4-8-17(13-14(2)15(18)19)12-11-16-9-6-5-7-10-16/h14H,3-13H2,1-2H3,(H,18,19). The fourth-order valence-corrected chi connectivity index (χ4v) is 2.61. The fourth-order valence-electron chi connectivity index (χ4n) is 2.61. The minimum absolute atomic E-state index is 0.266. The average molecular weight is 270 g/mol. The molecule has 0 aromatic rings. The van der Waals surface area contributed by atoms with E-state index in [1.807, 2.05) is 6.92 Å². The van der Waals surface area contributed by atoms with Gasteiger partial charge in [-0.1, -0.05) is 26.7 Å². The van der Waals surface area contributed by atoms with E-state index in [9.17, 15) is 4.79 Å². The molecule has 112 valence electrons.